The number of hydrogen-bond acceptors (Lipinski definition) is 5. The molecule has 0 radical (unpaired) electrons. The fourth-order valence-electron chi connectivity index (χ4n) is 2.44. The lowest BCUT2D eigenvalue weighted by Crippen LogP contribution is -2.42. The van der Waals surface area contributed by atoms with Gasteiger partial charge in [0.25, 0.3) is 5.91 Å². The van der Waals surface area contributed by atoms with Gasteiger partial charge in [-0.15, -0.1) is 0 Å². The first-order valence-electron chi connectivity index (χ1n) is 6.54. The highest BCUT2D eigenvalue weighted by atomic mass is 16.2. The maximum absolute atomic E-state index is 11.7. The standard InChI is InChI=1S/C13H19N5O2/c1-16-13(20)8-3-2-4-18(7-8)11-5-9(12(15)19)10(14)6-17-11/h5-6,8H,2-4,7,14H2,1H3,(H2,15,19)(H,16,20). The molecule has 2 rings (SSSR count). The van der Waals surface area contributed by atoms with Gasteiger partial charge >= 0.3 is 0 Å². The molecule has 1 aliphatic heterocycles. The highest BCUT2D eigenvalue weighted by Gasteiger charge is 2.26. The molecule has 1 unspecified atom stereocenters. The van der Waals surface area contributed by atoms with Crippen molar-refractivity contribution in [3.05, 3.63) is 17.8 Å². The first-order valence-corrected chi connectivity index (χ1v) is 6.54. The zero-order valence-electron chi connectivity index (χ0n) is 11.4. The number of rotatable bonds is 3. The Morgan fingerprint density at radius 2 is 2.25 bits per heavy atom. The highest BCUT2D eigenvalue weighted by Crippen LogP contribution is 2.24. The zero-order valence-corrected chi connectivity index (χ0v) is 11.4. The SMILES string of the molecule is CNC(=O)C1CCCN(c2cc(C(N)=O)c(N)cn2)C1. The summed E-state index contributed by atoms with van der Waals surface area (Å²) in [6, 6.07) is 1.59. The number of pyridine rings is 1. The summed E-state index contributed by atoms with van der Waals surface area (Å²) >= 11 is 0. The van der Waals surface area contributed by atoms with Crippen molar-refractivity contribution >= 4 is 23.3 Å². The first-order chi connectivity index (χ1) is 9.52. The van der Waals surface area contributed by atoms with E-state index >= 15 is 0 Å². The summed E-state index contributed by atoms with van der Waals surface area (Å²) in [5.74, 6) is 0.0121. The van der Waals surface area contributed by atoms with Crippen LogP contribution in [0.5, 0.6) is 0 Å². The predicted molar refractivity (Wildman–Crippen MR) is 76.2 cm³/mol. The molecule has 2 heterocycles. The summed E-state index contributed by atoms with van der Waals surface area (Å²) in [4.78, 5) is 29.2. The summed E-state index contributed by atoms with van der Waals surface area (Å²) in [6.45, 7) is 1.37. The first kappa shape index (κ1) is 14.1. The number of aromatic nitrogens is 1. The molecule has 0 saturated carbocycles. The molecular weight excluding hydrogens is 258 g/mol. The second-order valence-corrected chi connectivity index (χ2v) is 4.89. The normalized spacial score (nSPS) is 18.6. The van der Waals surface area contributed by atoms with Crippen LogP contribution in [-0.4, -0.2) is 36.9 Å². The third-order valence-corrected chi connectivity index (χ3v) is 3.55. The van der Waals surface area contributed by atoms with Crippen LogP contribution in [0.1, 0.15) is 23.2 Å². The van der Waals surface area contributed by atoms with Crippen molar-refractivity contribution in [1.29, 1.82) is 0 Å². The van der Waals surface area contributed by atoms with E-state index in [9.17, 15) is 9.59 Å². The molecule has 0 aliphatic carbocycles. The maximum Gasteiger partial charge on any atom is 0.250 e. The average Bonchev–Trinajstić information content (AvgIpc) is 2.46. The number of nitrogens with two attached hydrogens (primary N) is 2. The Kier molecular flexibility index (Phi) is 4.07. The Bertz CT molecular complexity index is 531. The largest absolute Gasteiger partial charge is 0.397 e. The second-order valence-electron chi connectivity index (χ2n) is 4.89. The van der Waals surface area contributed by atoms with E-state index in [1.54, 1.807) is 13.1 Å². The summed E-state index contributed by atoms with van der Waals surface area (Å²) in [5.41, 5.74) is 11.5. The number of nitrogens with zero attached hydrogens (tertiary/aromatic N) is 2. The van der Waals surface area contributed by atoms with Crippen molar-refractivity contribution in [3.8, 4) is 0 Å². The summed E-state index contributed by atoms with van der Waals surface area (Å²) < 4.78 is 0. The lowest BCUT2D eigenvalue weighted by atomic mass is 9.97. The zero-order chi connectivity index (χ0) is 14.7. The van der Waals surface area contributed by atoms with Crippen molar-refractivity contribution in [1.82, 2.24) is 10.3 Å². The molecule has 0 aromatic carbocycles. The molecule has 1 fully saturated rings. The van der Waals surface area contributed by atoms with Crippen molar-refractivity contribution in [2.24, 2.45) is 11.7 Å². The number of carbonyl (C=O) groups excluding carboxylic acids is 2. The van der Waals surface area contributed by atoms with E-state index in [1.807, 2.05) is 4.90 Å². The van der Waals surface area contributed by atoms with Crippen molar-refractivity contribution < 1.29 is 9.59 Å². The Balaban J connectivity index is 2.21. The molecule has 5 N–H and O–H groups in total. The Hall–Kier alpha value is -2.31. The number of carbonyl (C=O) groups is 2. The Morgan fingerprint density at radius 1 is 1.50 bits per heavy atom. The quantitative estimate of drug-likeness (QED) is 0.703. The fraction of sp³-hybridized carbons (Fsp3) is 0.462. The van der Waals surface area contributed by atoms with Gasteiger partial charge in [0, 0.05) is 20.1 Å². The van der Waals surface area contributed by atoms with Crippen LogP contribution in [0, 0.1) is 5.92 Å². The molecule has 1 saturated heterocycles. The van der Waals surface area contributed by atoms with Gasteiger partial charge in [-0.05, 0) is 18.9 Å². The van der Waals surface area contributed by atoms with E-state index in [0.29, 0.717) is 12.4 Å². The van der Waals surface area contributed by atoms with Crippen molar-refractivity contribution in [2.45, 2.75) is 12.8 Å². The molecule has 1 aromatic heterocycles. The van der Waals surface area contributed by atoms with Crippen LogP contribution in [0.15, 0.2) is 12.3 Å². The number of amides is 2. The van der Waals surface area contributed by atoms with Crippen LogP contribution in [-0.2, 0) is 4.79 Å². The number of piperidine rings is 1. The van der Waals surface area contributed by atoms with Gasteiger partial charge in [0.05, 0.1) is 23.4 Å². The van der Waals surface area contributed by atoms with E-state index in [2.05, 4.69) is 10.3 Å². The van der Waals surface area contributed by atoms with Crippen LogP contribution >= 0.6 is 0 Å². The fourth-order valence-corrected chi connectivity index (χ4v) is 2.44. The third-order valence-electron chi connectivity index (χ3n) is 3.55. The Morgan fingerprint density at radius 3 is 2.90 bits per heavy atom. The molecule has 1 atom stereocenters. The van der Waals surface area contributed by atoms with E-state index < -0.39 is 5.91 Å². The monoisotopic (exact) mass is 277 g/mol. The van der Waals surface area contributed by atoms with E-state index in [0.717, 1.165) is 19.4 Å². The van der Waals surface area contributed by atoms with E-state index in [4.69, 9.17) is 11.5 Å². The highest BCUT2D eigenvalue weighted by molar-refractivity contribution is 5.98. The molecule has 7 heteroatoms. The lowest BCUT2D eigenvalue weighted by molar-refractivity contribution is -0.124. The number of hydrogen-bond donors (Lipinski definition) is 3. The van der Waals surface area contributed by atoms with Gasteiger partial charge in [0.15, 0.2) is 0 Å². The Labute approximate surface area is 117 Å². The maximum atomic E-state index is 11.7. The van der Waals surface area contributed by atoms with E-state index in [1.165, 1.54) is 6.20 Å². The van der Waals surface area contributed by atoms with E-state index in [-0.39, 0.29) is 23.1 Å². The van der Waals surface area contributed by atoms with Gasteiger partial charge in [-0.1, -0.05) is 0 Å². The van der Waals surface area contributed by atoms with Gasteiger partial charge in [0.2, 0.25) is 5.91 Å². The van der Waals surface area contributed by atoms with Crippen molar-refractivity contribution in [2.75, 3.05) is 30.8 Å². The predicted octanol–water partition coefficient (Wildman–Crippen LogP) is -0.275. The molecule has 0 spiro atoms. The van der Waals surface area contributed by atoms with Gasteiger partial charge < -0.3 is 21.7 Å². The summed E-state index contributed by atoms with van der Waals surface area (Å²) in [7, 11) is 1.63. The summed E-state index contributed by atoms with van der Waals surface area (Å²) in [5, 5.41) is 2.67. The smallest absolute Gasteiger partial charge is 0.250 e. The molecule has 0 bridgehead atoms. The molecule has 20 heavy (non-hydrogen) atoms. The van der Waals surface area contributed by atoms with Crippen LogP contribution in [0.3, 0.4) is 0 Å². The van der Waals surface area contributed by atoms with Crippen LogP contribution in [0.2, 0.25) is 0 Å². The molecule has 1 aromatic rings. The van der Waals surface area contributed by atoms with Crippen molar-refractivity contribution in [3.63, 3.8) is 0 Å². The lowest BCUT2D eigenvalue weighted by Gasteiger charge is -2.32. The average molecular weight is 277 g/mol. The topological polar surface area (TPSA) is 114 Å². The van der Waals surface area contributed by atoms with Gasteiger partial charge in [-0.25, -0.2) is 4.98 Å². The number of nitrogen functional groups attached to an aromatic ring is 1. The van der Waals surface area contributed by atoms with Crippen LogP contribution in [0.25, 0.3) is 0 Å². The minimum Gasteiger partial charge on any atom is -0.397 e. The number of nitrogens with one attached hydrogen (secondary N) is 1. The molecule has 7 nitrogen and oxygen atoms in total. The van der Waals surface area contributed by atoms with Gasteiger partial charge in [-0.3, -0.25) is 9.59 Å². The third kappa shape index (κ3) is 2.81. The summed E-state index contributed by atoms with van der Waals surface area (Å²) in [6.07, 6.45) is 3.18. The number of anilines is 2. The van der Waals surface area contributed by atoms with Gasteiger partial charge in [-0.2, -0.15) is 0 Å². The van der Waals surface area contributed by atoms with Gasteiger partial charge in [0.1, 0.15) is 5.82 Å². The second kappa shape index (κ2) is 5.77. The van der Waals surface area contributed by atoms with Crippen LogP contribution < -0.4 is 21.7 Å². The minimum absolute atomic E-state index is 0.0280. The van der Waals surface area contributed by atoms with Crippen LogP contribution in [0.4, 0.5) is 11.5 Å². The molecule has 1 aliphatic rings. The molecule has 108 valence electrons. The minimum atomic E-state index is -0.578. The number of primary amides is 1. The molecule has 2 amide bonds. The molecular formula is C13H19N5O2.